The van der Waals surface area contributed by atoms with Gasteiger partial charge in [-0.3, -0.25) is 4.90 Å². The van der Waals surface area contributed by atoms with Gasteiger partial charge in [-0.1, -0.05) is 18.2 Å². The van der Waals surface area contributed by atoms with Crippen LogP contribution in [0.1, 0.15) is 27.7 Å². The fourth-order valence-electron chi connectivity index (χ4n) is 1.55. The average molecular weight is 220 g/mol. The predicted octanol–water partition coefficient (Wildman–Crippen LogP) is 3.02. The summed E-state index contributed by atoms with van der Waals surface area (Å²) in [5.41, 5.74) is 0.927. The standard InChI is InChI=1S/C13H20N2O/c1-10(2)14-13(16)15(11(3)4)12-8-6-5-7-9-12/h5-11H,1-4H3,(H,14,16). The van der Waals surface area contributed by atoms with Gasteiger partial charge in [0.25, 0.3) is 0 Å². The van der Waals surface area contributed by atoms with Gasteiger partial charge in [-0.25, -0.2) is 4.79 Å². The SMILES string of the molecule is CC(C)NC(=O)N(c1ccccc1)C(C)C. The molecule has 0 aromatic heterocycles. The van der Waals surface area contributed by atoms with Crippen molar-refractivity contribution in [3.8, 4) is 0 Å². The van der Waals surface area contributed by atoms with Gasteiger partial charge >= 0.3 is 6.03 Å². The molecule has 0 fully saturated rings. The lowest BCUT2D eigenvalue weighted by molar-refractivity contribution is 0.242. The van der Waals surface area contributed by atoms with Crippen LogP contribution in [-0.2, 0) is 0 Å². The molecule has 0 unspecified atom stereocenters. The number of anilines is 1. The Bertz CT molecular complexity index is 333. The van der Waals surface area contributed by atoms with Crippen molar-refractivity contribution in [1.82, 2.24) is 5.32 Å². The Morgan fingerprint density at radius 2 is 1.69 bits per heavy atom. The summed E-state index contributed by atoms with van der Waals surface area (Å²) in [6.45, 7) is 7.93. The summed E-state index contributed by atoms with van der Waals surface area (Å²) in [5, 5.41) is 2.91. The highest BCUT2D eigenvalue weighted by atomic mass is 16.2. The van der Waals surface area contributed by atoms with Gasteiger partial charge in [0.15, 0.2) is 0 Å². The maximum Gasteiger partial charge on any atom is 0.322 e. The van der Waals surface area contributed by atoms with Gasteiger partial charge in [-0.15, -0.1) is 0 Å². The fourth-order valence-corrected chi connectivity index (χ4v) is 1.55. The van der Waals surface area contributed by atoms with Crippen LogP contribution >= 0.6 is 0 Å². The lowest BCUT2D eigenvalue weighted by atomic mass is 10.2. The second-order valence-electron chi connectivity index (χ2n) is 4.40. The van der Waals surface area contributed by atoms with Crippen molar-refractivity contribution < 1.29 is 4.79 Å². The summed E-state index contributed by atoms with van der Waals surface area (Å²) in [6, 6.07) is 9.96. The molecule has 1 N–H and O–H groups in total. The van der Waals surface area contributed by atoms with E-state index >= 15 is 0 Å². The molecule has 1 aromatic carbocycles. The number of nitrogens with one attached hydrogen (secondary N) is 1. The molecule has 0 atom stereocenters. The number of benzene rings is 1. The molecule has 16 heavy (non-hydrogen) atoms. The van der Waals surface area contributed by atoms with Gasteiger partial charge in [-0.2, -0.15) is 0 Å². The normalized spacial score (nSPS) is 10.6. The number of carbonyl (C=O) groups is 1. The van der Waals surface area contributed by atoms with E-state index in [2.05, 4.69) is 5.32 Å². The molecule has 2 amide bonds. The predicted molar refractivity (Wildman–Crippen MR) is 67.7 cm³/mol. The third kappa shape index (κ3) is 3.26. The van der Waals surface area contributed by atoms with Gasteiger partial charge in [-0.05, 0) is 39.8 Å². The van der Waals surface area contributed by atoms with Crippen molar-refractivity contribution in [2.75, 3.05) is 4.90 Å². The minimum Gasteiger partial charge on any atom is -0.336 e. The molecule has 1 aromatic rings. The van der Waals surface area contributed by atoms with Crippen LogP contribution in [0.15, 0.2) is 30.3 Å². The minimum atomic E-state index is -0.0452. The highest BCUT2D eigenvalue weighted by Gasteiger charge is 2.18. The molecule has 0 aliphatic rings. The maximum absolute atomic E-state index is 12.0. The quantitative estimate of drug-likeness (QED) is 0.834. The molecular weight excluding hydrogens is 200 g/mol. The van der Waals surface area contributed by atoms with E-state index in [0.29, 0.717) is 0 Å². The van der Waals surface area contributed by atoms with Crippen LogP contribution in [0.3, 0.4) is 0 Å². The summed E-state index contributed by atoms with van der Waals surface area (Å²) in [5.74, 6) is 0. The van der Waals surface area contributed by atoms with E-state index in [1.807, 2.05) is 58.0 Å². The first kappa shape index (κ1) is 12.6. The Labute approximate surface area is 97.5 Å². The first-order chi connectivity index (χ1) is 7.52. The summed E-state index contributed by atoms with van der Waals surface area (Å²) in [4.78, 5) is 13.8. The zero-order chi connectivity index (χ0) is 12.1. The van der Waals surface area contributed by atoms with Crippen LogP contribution in [0.25, 0.3) is 0 Å². The highest BCUT2D eigenvalue weighted by molar-refractivity contribution is 5.92. The number of nitrogens with zero attached hydrogens (tertiary/aromatic N) is 1. The van der Waals surface area contributed by atoms with Gasteiger partial charge in [0.05, 0.1) is 0 Å². The largest absolute Gasteiger partial charge is 0.336 e. The van der Waals surface area contributed by atoms with Crippen molar-refractivity contribution >= 4 is 11.7 Å². The summed E-state index contributed by atoms with van der Waals surface area (Å²) >= 11 is 0. The third-order valence-corrected chi connectivity index (χ3v) is 2.18. The van der Waals surface area contributed by atoms with E-state index in [-0.39, 0.29) is 18.1 Å². The van der Waals surface area contributed by atoms with E-state index in [9.17, 15) is 4.79 Å². The summed E-state index contributed by atoms with van der Waals surface area (Å²) < 4.78 is 0. The molecule has 0 spiro atoms. The van der Waals surface area contributed by atoms with E-state index in [0.717, 1.165) is 5.69 Å². The van der Waals surface area contributed by atoms with E-state index in [1.54, 1.807) is 4.90 Å². The first-order valence-corrected chi connectivity index (χ1v) is 5.67. The number of amides is 2. The van der Waals surface area contributed by atoms with Gasteiger partial charge in [0, 0.05) is 17.8 Å². The molecule has 0 aliphatic heterocycles. The molecule has 0 saturated heterocycles. The van der Waals surface area contributed by atoms with Gasteiger partial charge < -0.3 is 5.32 Å². The molecule has 0 heterocycles. The maximum atomic E-state index is 12.0. The summed E-state index contributed by atoms with van der Waals surface area (Å²) in [6.07, 6.45) is 0. The lowest BCUT2D eigenvalue weighted by Gasteiger charge is -2.28. The van der Waals surface area contributed by atoms with Crippen molar-refractivity contribution in [1.29, 1.82) is 0 Å². The van der Waals surface area contributed by atoms with Crippen LogP contribution in [0, 0.1) is 0 Å². The average Bonchev–Trinajstić information content (AvgIpc) is 2.17. The molecule has 3 heteroatoms. The molecule has 3 nitrogen and oxygen atoms in total. The number of rotatable bonds is 3. The molecular formula is C13H20N2O. The smallest absolute Gasteiger partial charge is 0.322 e. The van der Waals surface area contributed by atoms with E-state index in [4.69, 9.17) is 0 Å². The third-order valence-electron chi connectivity index (χ3n) is 2.18. The van der Waals surface area contributed by atoms with Crippen LogP contribution in [0.4, 0.5) is 10.5 Å². The van der Waals surface area contributed by atoms with Gasteiger partial charge in [0.2, 0.25) is 0 Å². The highest BCUT2D eigenvalue weighted by Crippen LogP contribution is 2.16. The van der Waals surface area contributed by atoms with Crippen molar-refractivity contribution in [3.05, 3.63) is 30.3 Å². The first-order valence-electron chi connectivity index (χ1n) is 5.67. The number of urea groups is 1. The van der Waals surface area contributed by atoms with Crippen LogP contribution in [0.2, 0.25) is 0 Å². The number of hydrogen-bond donors (Lipinski definition) is 1. The fraction of sp³-hybridized carbons (Fsp3) is 0.462. The van der Waals surface area contributed by atoms with Crippen molar-refractivity contribution in [2.45, 2.75) is 39.8 Å². The summed E-state index contributed by atoms with van der Waals surface area (Å²) in [7, 11) is 0. The van der Waals surface area contributed by atoms with Gasteiger partial charge in [0.1, 0.15) is 0 Å². The molecule has 0 radical (unpaired) electrons. The van der Waals surface area contributed by atoms with Crippen LogP contribution in [0.5, 0.6) is 0 Å². The topological polar surface area (TPSA) is 32.3 Å². The second-order valence-corrected chi connectivity index (χ2v) is 4.40. The van der Waals surface area contributed by atoms with Crippen LogP contribution in [-0.4, -0.2) is 18.1 Å². The van der Waals surface area contributed by atoms with Crippen LogP contribution < -0.4 is 10.2 Å². The minimum absolute atomic E-state index is 0.0452. The van der Waals surface area contributed by atoms with Crippen molar-refractivity contribution in [2.24, 2.45) is 0 Å². The van der Waals surface area contributed by atoms with E-state index < -0.39 is 0 Å². The lowest BCUT2D eigenvalue weighted by Crippen LogP contribution is -2.46. The van der Waals surface area contributed by atoms with E-state index in [1.165, 1.54) is 0 Å². The number of para-hydroxylation sites is 1. The Balaban J connectivity index is 2.88. The Kier molecular flexibility index (Phi) is 4.35. The zero-order valence-electron chi connectivity index (χ0n) is 10.4. The molecule has 1 rings (SSSR count). The zero-order valence-corrected chi connectivity index (χ0v) is 10.4. The van der Waals surface area contributed by atoms with Crippen molar-refractivity contribution in [3.63, 3.8) is 0 Å². The Hall–Kier alpha value is -1.51. The number of hydrogen-bond acceptors (Lipinski definition) is 1. The Morgan fingerprint density at radius 3 is 2.12 bits per heavy atom. The molecule has 0 aliphatic carbocycles. The monoisotopic (exact) mass is 220 g/mol. The molecule has 0 bridgehead atoms. The molecule has 0 saturated carbocycles. The molecule has 88 valence electrons. The Morgan fingerprint density at radius 1 is 1.12 bits per heavy atom. The number of carbonyl (C=O) groups excluding carboxylic acids is 1. The second kappa shape index (κ2) is 5.54.